The predicted molar refractivity (Wildman–Crippen MR) is 147 cm³/mol. The van der Waals surface area contributed by atoms with Crippen LogP contribution >= 0.6 is 0 Å². The van der Waals surface area contributed by atoms with Gasteiger partial charge in [-0.15, -0.1) is 5.10 Å². The number of benzene rings is 3. The molecule has 196 valence electrons. The summed E-state index contributed by atoms with van der Waals surface area (Å²) < 4.78 is 19.1. The van der Waals surface area contributed by atoms with E-state index in [1.807, 2.05) is 86.6 Å². The fraction of sp³-hybridized carbons (Fsp3) is 0.276. The Hall–Kier alpha value is -4.37. The smallest absolute Gasteiger partial charge is 0.295 e. The van der Waals surface area contributed by atoms with Gasteiger partial charge in [0.15, 0.2) is 5.82 Å². The zero-order chi connectivity index (χ0) is 26.3. The van der Waals surface area contributed by atoms with E-state index in [9.17, 15) is 4.79 Å². The largest absolute Gasteiger partial charge is 0.492 e. The number of anilines is 2. The molecule has 1 saturated heterocycles. The van der Waals surface area contributed by atoms with Gasteiger partial charge in [-0.3, -0.25) is 4.79 Å². The summed E-state index contributed by atoms with van der Waals surface area (Å²) in [5.74, 6) is 1.40. The molecule has 1 N–H and O–H groups in total. The number of carbonyl (C=O) groups is 1. The Labute approximate surface area is 222 Å². The second-order valence-corrected chi connectivity index (χ2v) is 8.61. The van der Waals surface area contributed by atoms with E-state index >= 15 is 0 Å². The van der Waals surface area contributed by atoms with Crippen LogP contribution in [-0.2, 0) is 4.74 Å². The zero-order valence-corrected chi connectivity index (χ0v) is 21.6. The van der Waals surface area contributed by atoms with Gasteiger partial charge in [0.2, 0.25) is 5.82 Å². The number of aromatic nitrogens is 3. The number of nitrogens with zero attached hydrogens (tertiary/aromatic N) is 4. The highest BCUT2D eigenvalue weighted by Gasteiger charge is 2.23. The molecule has 1 aromatic heterocycles. The minimum absolute atomic E-state index is 0.0466. The summed E-state index contributed by atoms with van der Waals surface area (Å²) in [4.78, 5) is 20.3. The molecule has 5 rings (SSSR count). The highest BCUT2D eigenvalue weighted by atomic mass is 16.5. The monoisotopic (exact) mass is 513 g/mol. The molecule has 0 radical (unpaired) electrons. The molecular weight excluding hydrogens is 482 g/mol. The molecule has 0 bridgehead atoms. The molecule has 0 unspecified atom stereocenters. The van der Waals surface area contributed by atoms with Gasteiger partial charge in [-0.05, 0) is 26.0 Å². The molecule has 0 aliphatic carbocycles. The zero-order valence-electron chi connectivity index (χ0n) is 21.6. The van der Waals surface area contributed by atoms with E-state index < -0.39 is 5.91 Å². The van der Waals surface area contributed by atoms with Crippen molar-refractivity contribution in [2.24, 2.45) is 0 Å². The maximum atomic E-state index is 13.5. The normalized spacial score (nSPS) is 13.3. The van der Waals surface area contributed by atoms with E-state index in [-0.39, 0.29) is 5.82 Å². The summed E-state index contributed by atoms with van der Waals surface area (Å²) >= 11 is 0. The number of morpholine rings is 1. The third-order valence-electron chi connectivity index (χ3n) is 6.10. The lowest BCUT2D eigenvalue weighted by Gasteiger charge is -2.31. The van der Waals surface area contributed by atoms with Gasteiger partial charge in [0.05, 0.1) is 43.5 Å². The van der Waals surface area contributed by atoms with Crippen molar-refractivity contribution in [3.05, 3.63) is 78.6 Å². The maximum absolute atomic E-state index is 13.5. The van der Waals surface area contributed by atoms with Crippen LogP contribution in [0.25, 0.3) is 17.1 Å². The molecule has 2 heterocycles. The number of amides is 1. The van der Waals surface area contributed by atoms with Gasteiger partial charge < -0.3 is 24.4 Å². The number of ether oxygens (including phenoxy) is 3. The molecular formula is C29H31N5O4. The van der Waals surface area contributed by atoms with Crippen LogP contribution in [0.4, 0.5) is 11.4 Å². The van der Waals surface area contributed by atoms with Crippen LogP contribution in [-0.4, -0.2) is 60.2 Å². The Morgan fingerprint density at radius 2 is 1.58 bits per heavy atom. The summed E-state index contributed by atoms with van der Waals surface area (Å²) in [5.41, 5.74) is 3.07. The van der Waals surface area contributed by atoms with Crippen LogP contribution in [0.5, 0.6) is 11.5 Å². The number of carbonyl (C=O) groups excluding carboxylic acids is 1. The van der Waals surface area contributed by atoms with Crippen molar-refractivity contribution in [1.82, 2.24) is 14.8 Å². The first-order valence-electron chi connectivity index (χ1n) is 12.8. The average molecular weight is 514 g/mol. The average Bonchev–Trinajstić information content (AvgIpc) is 3.42. The quantitative estimate of drug-likeness (QED) is 0.343. The molecule has 1 aliphatic rings. The van der Waals surface area contributed by atoms with Gasteiger partial charge in [-0.2, -0.15) is 0 Å². The summed E-state index contributed by atoms with van der Waals surface area (Å²) in [7, 11) is 0. The van der Waals surface area contributed by atoms with Crippen molar-refractivity contribution >= 4 is 17.3 Å². The Balaban J connectivity index is 1.50. The molecule has 0 saturated carbocycles. The van der Waals surface area contributed by atoms with Gasteiger partial charge in [-0.25, -0.2) is 9.67 Å². The topological polar surface area (TPSA) is 90.7 Å². The molecule has 9 nitrogen and oxygen atoms in total. The Kier molecular flexibility index (Phi) is 7.84. The number of hydrogen-bond donors (Lipinski definition) is 1. The van der Waals surface area contributed by atoms with E-state index in [0.29, 0.717) is 49.4 Å². The lowest BCUT2D eigenvalue weighted by atomic mass is 10.2. The van der Waals surface area contributed by atoms with Crippen LogP contribution < -0.4 is 19.7 Å². The Morgan fingerprint density at radius 3 is 2.26 bits per heavy atom. The molecule has 1 aliphatic heterocycles. The SMILES string of the molecule is CCOc1cc(N2CCOCC2)c(OCC)cc1NC(=O)c1nc(-c2ccccc2)n(-c2ccccc2)n1. The second-order valence-electron chi connectivity index (χ2n) is 8.61. The standard InChI is InChI=1S/C29H31N5O4/c1-3-37-25-20-24(33-15-17-36-18-16-33)26(38-4-2)19-23(25)30-29(35)27-31-28(21-11-7-5-8-12-21)34(32-27)22-13-9-6-10-14-22/h5-14,19-20H,3-4,15-18H2,1-2H3,(H,30,35). The Bertz CT molecular complexity index is 1310. The third-order valence-corrected chi connectivity index (χ3v) is 6.10. The maximum Gasteiger partial charge on any atom is 0.295 e. The van der Waals surface area contributed by atoms with Gasteiger partial charge in [0, 0.05) is 30.8 Å². The van der Waals surface area contributed by atoms with E-state index in [1.54, 1.807) is 4.68 Å². The minimum atomic E-state index is -0.445. The fourth-order valence-corrected chi connectivity index (χ4v) is 4.35. The molecule has 1 amide bonds. The number of rotatable bonds is 9. The molecule has 9 heteroatoms. The van der Waals surface area contributed by atoms with Crippen molar-refractivity contribution in [2.45, 2.75) is 13.8 Å². The molecule has 0 spiro atoms. The highest BCUT2D eigenvalue weighted by molar-refractivity contribution is 6.03. The molecule has 1 fully saturated rings. The van der Waals surface area contributed by atoms with E-state index in [1.165, 1.54) is 0 Å². The lowest BCUT2D eigenvalue weighted by molar-refractivity contribution is 0.101. The first-order chi connectivity index (χ1) is 18.7. The predicted octanol–water partition coefficient (Wildman–Crippen LogP) is 4.82. The van der Waals surface area contributed by atoms with Gasteiger partial charge in [-0.1, -0.05) is 48.5 Å². The van der Waals surface area contributed by atoms with Crippen molar-refractivity contribution in [1.29, 1.82) is 0 Å². The van der Waals surface area contributed by atoms with Crippen molar-refractivity contribution in [3.63, 3.8) is 0 Å². The summed E-state index contributed by atoms with van der Waals surface area (Å²) in [5, 5.41) is 7.54. The van der Waals surface area contributed by atoms with Gasteiger partial charge in [0.25, 0.3) is 5.91 Å². The molecule has 3 aromatic carbocycles. The first-order valence-corrected chi connectivity index (χ1v) is 12.8. The molecule has 38 heavy (non-hydrogen) atoms. The number of hydrogen-bond acceptors (Lipinski definition) is 7. The van der Waals surface area contributed by atoms with Crippen LogP contribution in [0.1, 0.15) is 24.5 Å². The van der Waals surface area contributed by atoms with Crippen molar-refractivity contribution in [3.8, 4) is 28.6 Å². The van der Waals surface area contributed by atoms with Crippen LogP contribution in [0.3, 0.4) is 0 Å². The molecule has 0 atom stereocenters. The third kappa shape index (κ3) is 5.47. The number of para-hydroxylation sites is 1. The second kappa shape index (κ2) is 11.8. The minimum Gasteiger partial charge on any atom is -0.492 e. The van der Waals surface area contributed by atoms with Crippen LogP contribution in [0, 0.1) is 0 Å². The lowest BCUT2D eigenvalue weighted by Crippen LogP contribution is -2.36. The summed E-state index contributed by atoms with van der Waals surface area (Å²) in [6, 6.07) is 23.0. The van der Waals surface area contributed by atoms with Gasteiger partial charge in [0.1, 0.15) is 11.5 Å². The Morgan fingerprint density at radius 1 is 0.921 bits per heavy atom. The molecule has 4 aromatic rings. The van der Waals surface area contributed by atoms with Crippen LogP contribution in [0.15, 0.2) is 72.8 Å². The summed E-state index contributed by atoms with van der Waals surface area (Å²) in [6.45, 7) is 7.57. The summed E-state index contributed by atoms with van der Waals surface area (Å²) in [6.07, 6.45) is 0. The van der Waals surface area contributed by atoms with Crippen LogP contribution in [0.2, 0.25) is 0 Å². The highest BCUT2D eigenvalue weighted by Crippen LogP contribution is 2.39. The first kappa shape index (κ1) is 25.3. The van der Waals surface area contributed by atoms with E-state index in [0.717, 1.165) is 30.0 Å². The van der Waals surface area contributed by atoms with Crippen molar-refractivity contribution < 1.29 is 19.0 Å². The van der Waals surface area contributed by atoms with E-state index in [2.05, 4.69) is 20.3 Å². The van der Waals surface area contributed by atoms with Gasteiger partial charge >= 0.3 is 0 Å². The van der Waals surface area contributed by atoms with E-state index in [4.69, 9.17) is 14.2 Å². The number of nitrogens with one attached hydrogen (secondary N) is 1. The fourth-order valence-electron chi connectivity index (χ4n) is 4.35. The van der Waals surface area contributed by atoms with Crippen molar-refractivity contribution in [2.75, 3.05) is 49.7 Å².